The van der Waals surface area contributed by atoms with E-state index in [9.17, 15) is 19.7 Å². The van der Waals surface area contributed by atoms with Gasteiger partial charge in [-0.3, -0.25) is 30.6 Å². The van der Waals surface area contributed by atoms with Crippen LogP contribution in [-0.2, 0) is 4.79 Å². The molecule has 0 aliphatic carbocycles. The number of hydrogen-bond donors (Lipinski definition) is 2. The Kier molecular flexibility index (Phi) is 6.53. The summed E-state index contributed by atoms with van der Waals surface area (Å²) in [6.45, 7) is 3.76. The highest BCUT2D eigenvalue weighted by Crippen LogP contribution is 2.22. The molecule has 0 aliphatic heterocycles. The van der Waals surface area contributed by atoms with Crippen molar-refractivity contribution in [2.75, 3.05) is 5.75 Å². The molecule has 154 valence electrons. The van der Waals surface area contributed by atoms with Crippen LogP contribution in [0.4, 0.5) is 5.69 Å². The van der Waals surface area contributed by atoms with E-state index in [4.69, 9.17) is 0 Å². The van der Waals surface area contributed by atoms with Crippen molar-refractivity contribution in [3.8, 4) is 5.69 Å². The van der Waals surface area contributed by atoms with Crippen molar-refractivity contribution in [1.82, 2.24) is 15.4 Å². The summed E-state index contributed by atoms with van der Waals surface area (Å²) in [4.78, 5) is 35.5. The second-order valence-electron chi connectivity index (χ2n) is 6.50. The first-order valence-electron chi connectivity index (χ1n) is 9.07. The minimum absolute atomic E-state index is 0.0100. The molecule has 0 unspecified atom stereocenters. The average molecular weight is 424 g/mol. The van der Waals surface area contributed by atoms with Crippen LogP contribution in [0.2, 0.25) is 0 Å². The third-order valence-electron chi connectivity index (χ3n) is 4.42. The predicted octanol–water partition coefficient (Wildman–Crippen LogP) is 3.56. The van der Waals surface area contributed by atoms with Crippen molar-refractivity contribution < 1.29 is 14.5 Å². The van der Waals surface area contributed by atoms with Gasteiger partial charge in [-0.2, -0.15) is 0 Å². The van der Waals surface area contributed by atoms with E-state index in [1.807, 2.05) is 48.7 Å². The molecule has 8 nitrogen and oxygen atoms in total. The zero-order valence-electron chi connectivity index (χ0n) is 16.4. The number of nitrogens with zero attached hydrogens (tertiary/aromatic N) is 2. The zero-order valence-corrected chi connectivity index (χ0v) is 17.2. The Morgan fingerprint density at radius 2 is 1.70 bits per heavy atom. The van der Waals surface area contributed by atoms with Gasteiger partial charge in [0.1, 0.15) is 0 Å². The van der Waals surface area contributed by atoms with Crippen LogP contribution in [0.25, 0.3) is 5.69 Å². The molecule has 0 atom stereocenters. The van der Waals surface area contributed by atoms with Gasteiger partial charge in [-0.25, -0.2) is 0 Å². The Balaban J connectivity index is 1.56. The van der Waals surface area contributed by atoms with Gasteiger partial charge in [0.2, 0.25) is 5.91 Å². The molecular formula is C21H20N4O4S. The van der Waals surface area contributed by atoms with E-state index >= 15 is 0 Å². The Morgan fingerprint density at radius 1 is 1.03 bits per heavy atom. The number of hydrogen-bond acceptors (Lipinski definition) is 5. The number of nitro groups is 1. The maximum atomic E-state index is 12.5. The molecular weight excluding hydrogens is 404 g/mol. The zero-order chi connectivity index (χ0) is 21.7. The van der Waals surface area contributed by atoms with Crippen LogP contribution in [-0.4, -0.2) is 27.1 Å². The summed E-state index contributed by atoms with van der Waals surface area (Å²) < 4.78 is 1.97. The maximum absolute atomic E-state index is 12.5. The first kappa shape index (κ1) is 21.1. The largest absolute Gasteiger partial charge is 0.318 e. The van der Waals surface area contributed by atoms with Crippen LogP contribution in [0.3, 0.4) is 0 Å². The molecule has 1 heterocycles. The number of para-hydroxylation sites is 1. The molecule has 0 spiro atoms. The summed E-state index contributed by atoms with van der Waals surface area (Å²) in [5.74, 6) is -0.733. The normalized spacial score (nSPS) is 10.5. The van der Waals surface area contributed by atoms with Crippen molar-refractivity contribution >= 4 is 29.3 Å². The summed E-state index contributed by atoms with van der Waals surface area (Å²) in [6, 6.07) is 17.4. The molecule has 2 amide bonds. The van der Waals surface area contributed by atoms with Crippen LogP contribution in [0.1, 0.15) is 21.7 Å². The van der Waals surface area contributed by atoms with Gasteiger partial charge in [0.25, 0.3) is 11.6 Å². The van der Waals surface area contributed by atoms with Crippen LogP contribution in [0.5, 0.6) is 0 Å². The van der Waals surface area contributed by atoms with Crippen molar-refractivity contribution in [2.24, 2.45) is 0 Å². The highest BCUT2D eigenvalue weighted by molar-refractivity contribution is 8.00. The van der Waals surface area contributed by atoms with Crippen LogP contribution in [0.15, 0.2) is 65.6 Å². The molecule has 0 saturated carbocycles. The maximum Gasteiger partial charge on any atom is 0.271 e. The van der Waals surface area contributed by atoms with Crippen LogP contribution >= 0.6 is 11.8 Å². The summed E-state index contributed by atoms with van der Waals surface area (Å²) in [6.07, 6.45) is 0. The smallest absolute Gasteiger partial charge is 0.271 e. The van der Waals surface area contributed by atoms with Crippen LogP contribution in [0, 0.1) is 24.0 Å². The SMILES string of the molecule is Cc1cc(C(=O)NNC(=O)CSc2ccc([N+](=O)[O-])cc2)c(C)n1-c1ccccc1. The second kappa shape index (κ2) is 9.27. The number of hydrazine groups is 1. The Morgan fingerprint density at radius 3 is 2.33 bits per heavy atom. The van der Waals surface area contributed by atoms with Gasteiger partial charge < -0.3 is 4.57 Å². The number of amides is 2. The molecule has 0 aliphatic rings. The van der Waals surface area contributed by atoms with Gasteiger partial charge in [0, 0.05) is 34.1 Å². The molecule has 3 rings (SSSR count). The predicted molar refractivity (Wildman–Crippen MR) is 115 cm³/mol. The highest BCUT2D eigenvalue weighted by Gasteiger charge is 2.17. The number of carbonyl (C=O) groups is 2. The van der Waals surface area contributed by atoms with Crippen molar-refractivity contribution in [2.45, 2.75) is 18.7 Å². The first-order valence-corrected chi connectivity index (χ1v) is 10.1. The van der Waals surface area contributed by atoms with E-state index in [1.165, 1.54) is 23.9 Å². The molecule has 0 radical (unpaired) electrons. The average Bonchev–Trinajstić information content (AvgIpc) is 3.05. The second-order valence-corrected chi connectivity index (χ2v) is 7.55. The standard InChI is InChI=1S/C21H20N4O4S/c1-14-12-19(15(2)24(14)16-6-4-3-5-7-16)21(27)23-22-20(26)13-30-18-10-8-17(9-11-18)25(28)29/h3-12H,13H2,1-2H3,(H,22,26)(H,23,27). The molecule has 2 N–H and O–H groups in total. The van der Waals surface area contributed by atoms with Gasteiger partial charge in [-0.1, -0.05) is 18.2 Å². The molecule has 1 aromatic heterocycles. The Labute approximate surface area is 177 Å². The minimum atomic E-state index is -0.481. The van der Waals surface area contributed by atoms with E-state index in [2.05, 4.69) is 10.9 Å². The van der Waals surface area contributed by atoms with Gasteiger partial charge >= 0.3 is 0 Å². The molecule has 0 fully saturated rings. The fourth-order valence-electron chi connectivity index (χ4n) is 3.01. The third kappa shape index (κ3) is 4.87. The van der Waals surface area contributed by atoms with Gasteiger partial charge in [0.05, 0.1) is 16.2 Å². The summed E-state index contributed by atoms with van der Waals surface area (Å²) >= 11 is 1.21. The number of nitrogens with one attached hydrogen (secondary N) is 2. The molecule has 9 heteroatoms. The fourth-order valence-corrected chi connectivity index (χ4v) is 3.71. The third-order valence-corrected chi connectivity index (χ3v) is 5.44. The number of carbonyl (C=O) groups excluding carboxylic acids is 2. The lowest BCUT2D eigenvalue weighted by Gasteiger charge is -2.10. The summed E-state index contributed by atoms with van der Waals surface area (Å²) in [5, 5.41) is 10.7. The van der Waals surface area contributed by atoms with E-state index < -0.39 is 10.8 Å². The number of non-ortho nitro benzene ring substituents is 1. The highest BCUT2D eigenvalue weighted by atomic mass is 32.2. The quantitative estimate of drug-likeness (QED) is 0.358. The van der Waals surface area contributed by atoms with Gasteiger partial charge in [-0.15, -0.1) is 11.8 Å². The number of aromatic nitrogens is 1. The van der Waals surface area contributed by atoms with E-state index in [0.29, 0.717) is 10.5 Å². The number of rotatable bonds is 6. The first-order chi connectivity index (χ1) is 14.4. The Hall–Kier alpha value is -3.59. The number of thioether (sulfide) groups is 1. The number of aryl methyl sites for hydroxylation is 1. The Bertz CT molecular complexity index is 1080. The van der Waals surface area contributed by atoms with Gasteiger partial charge in [0.15, 0.2) is 0 Å². The summed E-state index contributed by atoms with van der Waals surface area (Å²) in [5.41, 5.74) is 7.93. The topological polar surface area (TPSA) is 106 Å². The van der Waals surface area contributed by atoms with E-state index in [-0.39, 0.29) is 17.3 Å². The lowest BCUT2D eigenvalue weighted by atomic mass is 10.2. The molecule has 0 saturated heterocycles. The van der Waals surface area contributed by atoms with E-state index in [0.717, 1.165) is 17.1 Å². The van der Waals surface area contributed by atoms with Gasteiger partial charge in [-0.05, 0) is 44.2 Å². The van der Waals surface area contributed by atoms with Crippen LogP contribution < -0.4 is 10.9 Å². The van der Waals surface area contributed by atoms with Crippen molar-refractivity contribution in [3.63, 3.8) is 0 Å². The number of benzene rings is 2. The van der Waals surface area contributed by atoms with Crippen molar-refractivity contribution in [1.29, 1.82) is 0 Å². The summed E-state index contributed by atoms with van der Waals surface area (Å²) in [7, 11) is 0. The molecule has 30 heavy (non-hydrogen) atoms. The molecule has 0 bridgehead atoms. The number of nitro benzene ring substituents is 1. The fraction of sp³-hybridized carbons (Fsp3) is 0.143. The van der Waals surface area contributed by atoms with E-state index in [1.54, 1.807) is 18.2 Å². The molecule has 3 aromatic rings. The van der Waals surface area contributed by atoms with Crippen molar-refractivity contribution in [3.05, 3.63) is 87.7 Å². The lowest BCUT2D eigenvalue weighted by molar-refractivity contribution is -0.384. The lowest BCUT2D eigenvalue weighted by Crippen LogP contribution is -2.42. The monoisotopic (exact) mass is 424 g/mol. The molecule has 2 aromatic carbocycles. The minimum Gasteiger partial charge on any atom is -0.318 e.